The number of carbonyl (C=O) groups excluding carboxylic acids is 2. The first kappa shape index (κ1) is 27.5. The predicted octanol–water partition coefficient (Wildman–Crippen LogP) is 4.80. The van der Waals surface area contributed by atoms with Crippen LogP contribution in [0.2, 0.25) is 0 Å². The van der Waals surface area contributed by atoms with Crippen LogP contribution in [-0.2, 0) is 11.3 Å². The number of aliphatic carboxylic acids is 1. The Labute approximate surface area is 238 Å². The molecule has 206 valence electrons. The van der Waals surface area contributed by atoms with Crippen LogP contribution in [0.3, 0.4) is 0 Å². The number of pyridine rings is 2. The van der Waals surface area contributed by atoms with E-state index in [1.165, 1.54) is 25.1 Å². The van der Waals surface area contributed by atoms with Crippen LogP contribution in [-0.4, -0.2) is 42.4 Å². The van der Waals surface area contributed by atoms with Gasteiger partial charge in [0.2, 0.25) is 5.69 Å². The van der Waals surface area contributed by atoms with Gasteiger partial charge in [-0.1, -0.05) is 42.5 Å². The molecule has 4 aromatic rings. The highest BCUT2D eigenvalue weighted by Crippen LogP contribution is 2.38. The monoisotopic (exact) mass is 559 g/mol. The molecule has 2 aromatic heterocycles. The highest BCUT2D eigenvalue weighted by molar-refractivity contribution is 6.30. The summed E-state index contributed by atoms with van der Waals surface area (Å²) >= 11 is 0. The zero-order valence-corrected chi connectivity index (χ0v) is 22.0. The molecule has 0 aliphatic heterocycles. The summed E-state index contributed by atoms with van der Waals surface area (Å²) in [7, 11) is 0. The molecule has 2 heterocycles. The largest absolute Gasteiger partial charge is 0.506 e. The minimum absolute atomic E-state index is 0.00272. The standard InChI is InChI=1S/C32H21N3O7/c1-17-20(31(41)35(16-25(37)38)32(42)27(17)33-2)10-5-3-4-8-18-12-13-21-22(14-18)30(40)26(29(21)39)28-24(36)15-19-9-6-7-11-23(19)34-28/h3-4,6-15,26,36,42H,16H2,1H3,(H,37,38)/b8-4+. The van der Waals surface area contributed by atoms with Gasteiger partial charge in [-0.15, -0.1) is 5.73 Å². The number of hydrogen-bond acceptors (Lipinski definition) is 7. The molecule has 1 atom stereocenters. The van der Waals surface area contributed by atoms with Gasteiger partial charge in [0.25, 0.3) is 5.56 Å². The normalized spacial score (nSPS) is 14.0. The van der Waals surface area contributed by atoms with Crippen LogP contribution in [0.15, 0.2) is 71.2 Å². The molecule has 0 amide bonds. The summed E-state index contributed by atoms with van der Waals surface area (Å²) in [5.41, 5.74) is 3.57. The van der Waals surface area contributed by atoms with Gasteiger partial charge in [-0.2, -0.15) is 0 Å². The topological polar surface area (TPSA) is 151 Å². The summed E-state index contributed by atoms with van der Waals surface area (Å²) in [5, 5.41) is 30.5. The third kappa shape index (κ3) is 4.77. The second kappa shape index (κ2) is 10.8. The van der Waals surface area contributed by atoms with E-state index in [1.807, 2.05) is 0 Å². The number of hydrogen-bond donors (Lipinski definition) is 3. The van der Waals surface area contributed by atoms with Gasteiger partial charge in [-0.05, 0) is 48.4 Å². The Kier molecular flexibility index (Phi) is 7.11. The molecule has 0 fully saturated rings. The van der Waals surface area contributed by atoms with E-state index in [1.54, 1.807) is 54.6 Å². The summed E-state index contributed by atoms with van der Waals surface area (Å²) in [6.45, 7) is 7.94. The van der Waals surface area contributed by atoms with E-state index in [-0.39, 0.29) is 39.4 Å². The van der Waals surface area contributed by atoms with E-state index in [0.29, 0.717) is 21.0 Å². The Balaban J connectivity index is 1.42. The number of aromatic hydroxyl groups is 2. The first-order valence-electron chi connectivity index (χ1n) is 12.6. The van der Waals surface area contributed by atoms with Crippen molar-refractivity contribution in [2.75, 3.05) is 0 Å². The Morgan fingerprint density at radius 1 is 1.10 bits per heavy atom. The lowest BCUT2D eigenvalue weighted by molar-refractivity contribution is -0.137. The molecule has 1 aliphatic carbocycles. The highest BCUT2D eigenvalue weighted by Gasteiger charge is 2.42. The number of para-hydroxylation sites is 1. The highest BCUT2D eigenvalue weighted by atomic mass is 16.4. The molecule has 3 N–H and O–H groups in total. The van der Waals surface area contributed by atoms with Crippen LogP contribution in [0.25, 0.3) is 27.9 Å². The molecule has 1 unspecified atom stereocenters. The Bertz CT molecular complexity index is 2040. The number of rotatable bonds is 6. The van der Waals surface area contributed by atoms with Crippen molar-refractivity contribution in [1.82, 2.24) is 9.55 Å². The number of benzene rings is 2. The lowest BCUT2D eigenvalue weighted by Crippen LogP contribution is -2.26. The Morgan fingerprint density at radius 2 is 1.83 bits per heavy atom. The summed E-state index contributed by atoms with van der Waals surface area (Å²) < 4.78 is 0.607. The summed E-state index contributed by atoms with van der Waals surface area (Å²) in [4.78, 5) is 57.9. The van der Waals surface area contributed by atoms with Crippen molar-refractivity contribution in [3.63, 3.8) is 0 Å². The van der Waals surface area contributed by atoms with Gasteiger partial charge in [-0.25, -0.2) is 9.83 Å². The SMILES string of the molecule is [C-]#[N+]c1c(C)c(C=C=C/C=C/c2ccc3c(c2)C(=O)C(c2nc4ccccc4cc2O)C3=O)c(=O)n(CC(=O)O)c1O. The molecule has 2 aromatic carbocycles. The van der Waals surface area contributed by atoms with Crippen LogP contribution in [0.4, 0.5) is 5.69 Å². The number of nitrogens with zero attached hydrogens (tertiary/aromatic N) is 3. The Hall–Kier alpha value is -6.04. The van der Waals surface area contributed by atoms with Gasteiger partial charge < -0.3 is 15.3 Å². The van der Waals surface area contributed by atoms with Crippen molar-refractivity contribution >= 4 is 46.3 Å². The van der Waals surface area contributed by atoms with E-state index < -0.39 is 41.4 Å². The maximum atomic E-state index is 13.3. The maximum Gasteiger partial charge on any atom is 0.323 e. The molecule has 5 rings (SSSR count). The van der Waals surface area contributed by atoms with Crippen molar-refractivity contribution < 1.29 is 29.7 Å². The van der Waals surface area contributed by atoms with E-state index >= 15 is 0 Å². The van der Waals surface area contributed by atoms with Crippen molar-refractivity contribution in [3.8, 4) is 11.6 Å². The van der Waals surface area contributed by atoms with Crippen LogP contribution >= 0.6 is 0 Å². The molecule has 42 heavy (non-hydrogen) atoms. The maximum absolute atomic E-state index is 13.3. The zero-order valence-electron chi connectivity index (χ0n) is 22.0. The average Bonchev–Trinajstić information content (AvgIpc) is 3.21. The van der Waals surface area contributed by atoms with Crippen molar-refractivity contribution in [1.29, 1.82) is 0 Å². The van der Waals surface area contributed by atoms with Crippen LogP contribution in [0.1, 0.15) is 49.0 Å². The van der Waals surface area contributed by atoms with E-state index in [0.717, 1.165) is 0 Å². The third-order valence-electron chi connectivity index (χ3n) is 6.92. The van der Waals surface area contributed by atoms with Gasteiger partial charge in [-0.3, -0.25) is 23.7 Å². The molecule has 0 bridgehead atoms. The number of aromatic nitrogens is 2. The first-order valence-corrected chi connectivity index (χ1v) is 12.6. The lowest BCUT2D eigenvalue weighted by Gasteiger charge is -2.11. The minimum Gasteiger partial charge on any atom is -0.506 e. The molecule has 10 nitrogen and oxygen atoms in total. The van der Waals surface area contributed by atoms with Crippen LogP contribution in [0, 0.1) is 13.5 Å². The fourth-order valence-corrected chi connectivity index (χ4v) is 4.85. The predicted molar refractivity (Wildman–Crippen MR) is 154 cm³/mol. The molecule has 10 heteroatoms. The second-order valence-corrected chi connectivity index (χ2v) is 9.50. The molecule has 0 saturated carbocycles. The lowest BCUT2D eigenvalue weighted by atomic mass is 9.97. The van der Waals surface area contributed by atoms with Crippen molar-refractivity contribution in [3.05, 3.63) is 122 Å². The molecule has 1 aliphatic rings. The van der Waals surface area contributed by atoms with Gasteiger partial charge in [0, 0.05) is 22.1 Å². The molecule has 0 saturated heterocycles. The zero-order chi connectivity index (χ0) is 30.1. The van der Waals surface area contributed by atoms with E-state index in [4.69, 9.17) is 11.7 Å². The number of carboxylic acid groups (broad SMARTS) is 1. The van der Waals surface area contributed by atoms with Crippen LogP contribution < -0.4 is 5.56 Å². The quantitative estimate of drug-likeness (QED) is 0.132. The summed E-state index contributed by atoms with van der Waals surface area (Å²) in [6.07, 6.45) is 5.97. The van der Waals surface area contributed by atoms with Gasteiger partial charge in [0.05, 0.1) is 12.1 Å². The Morgan fingerprint density at radius 3 is 2.57 bits per heavy atom. The number of carboxylic acids is 1. The fraction of sp³-hybridized carbons (Fsp3) is 0.0938. The molecule has 0 spiro atoms. The second-order valence-electron chi connectivity index (χ2n) is 9.50. The average molecular weight is 560 g/mol. The third-order valence-corrected chi connectivity index (χ3v) is 6.92. The van der Waals surface area contributed by atoms with E-state index in [2.05, 4.69) is 15.6 Å². The van der Waals surface area contributed by atoms with Crippen LogP contribution in [0.5, 0.6) is 11.6 Å². The summed E-state index contributed by atoms with van der Waals surface area (Å²) in [6, 6.07) is 13.3. The number of fused-ring (bicyclic) bond motifs is 2. The molecular formula is C32H21N3O7. The van der Waals surface area contributed by atoms with Crippen molar-refractivity contribution in [2.24, 2.45) is 0 Å². The minimum atomic E-state index is -1.35. The first-order chi connectivity index (χ1) is 20.1. The van der Waals surface area contributed by atoms with Gasteiger partial charge in [0.1, 0.15) is 23.9 Å². The molecule has 0 radical (unpaired) electrons. The summed E-state index contributed by atoms with van der Waals surface area (Å²) in [5.74, 6) is -4.45. The number of Topliss-reactive ketones (excluding diaryl/α,β-unsaturated/α-hetero) is 2. The number of carbonyl (C=O) groups is 3. The number of allylic oxidation sites excluding steroid dienone is 2. The van der Waals surface area contributed by atoms with Gasteiger partial charge in [0.15, 0.2) is 17.4 Å². The smallest absolute Gasteiger partial charge is 0.323 e. The van der Waals surface area contributed by atoms with E-state index in [9.17, 15) is 29.4 Å². The fourth-order valence-electron chi connectivity index (χ4n) is 4.85. The molecular weight excluding hydrogens is 538 g/mol. The number of ketones is 2. The van der Waals surface area contributed by atoms with Crippen molar-refractivity contribution in [2.45, 2.75) is 19.4 Å². The van der Waals surface area contributed by atoms with Gasteiger partial charge >= 0.3 is 5.97 Å².